The Morgan fingerprint density at radius 1 is 1.10 bits per heavy atom. The number of carbonyl (C=O) groups is 3. The number of likely N-dealkylation sites (tertiary alicyclic amines) is 1. The predicted molar refractivity (Wildman–Crippen MR) is 147 cm³/mol. The van der Waals surface area contributed by atoms with Crippen LogP contribution in [0.25, 0.3) is 5.69 Å². The van der Waals surface area contributed by atoms with Crippen molar-refractivity contribution in [2.75, 3.05) is 32.6 Å². The van der Waals surface area contributed by atoms with Crippen LogP contribution in [-0.2, 0) is 14.3 Å². The third kappa shape index (κ3) is 6.82. The molecule has 3 N–H and O–H groups in total. The summed E-state index contributed by atoms with van der Waals surface area (Å²) >= 11 is 0. The van der Waals surface area contributed by atoms with Crippen LogP contribution in [0.3, 0.4) is 0 Å². The first-order valence-electron chi connectivity index (χ1n) is 13.4. The van der Waals surface area contributed by atoms with Gasteiger partial charge in [-0.2, -0.15) is 4.68 Å². The van der Waals surface area contributed by atoms with Crippen molar-refractivity contribution < 1.29 is 28.6 Å². The average Bonchev–Trinajstić information content (AvgIpc) is 3.56. The van der Waals surface area contributed by atoms with Gasteiger partial charge in [-0.3, -0.25) is 9.59 Å². The number of benzene rings is 1. The highest BCUT2D eigenvalue weighted by Gasteiger charge is 2.40. The molecule has 1 saturated heterocycles. The second-order valence-electron chi connectivity index (χ2n) is 10.8. The smallest absolute Gasteiger partial charge is 0.442 e. The molecule has 1 aliphatic rings. The van der Waals surface area contributed by atoms with Gasteiger partial charge in [-0.25, -0.2) is 9.59 Å². The van der Waals surface area contributed by atoms with E-state index in [9.17, 15) is 24.3 Å². The number of anilines is 1. The fourth-order valence-corrected chi connectivity index (χ4v) is 4.67. The minimum atomic E-state index is -1.42. The Hall–Kier alpha value is -3.87. The van der Waals surface area contributed by atoms with Crippen molar-refractivity contribution in [3.05, 3.63) is 40.7 Å². The normalized spacial score (nSPS) is 17.4. The Morgan fingerprint density at radius 3 is 2.30 bits per heavy atom. The highest BCUT2D eigenvalue weighted by molar-refractivity contribution is 5.92. The summed E-state index contributed by atoms with van der Waals surface area (Å²) in [5, 5.41) is 20.7. The van der Waals surface area contributed by atoms with Crippen LogP contribution in [0.5, 0.6) is 0 Å². The molecule has 2 heterocycles. The standard InChI is InChI=1S/C27H40N6O7/c1-15(2)20(22(34)24-30-33(27(38)40-24)18-12-10-17(11-13-18)31(5)6)28-23(35)19-9-8-14-32(19)25(36)21(16(3)4)29-26(37)39-7/h10-13,15-16,19-22,34H,8-9,14H2,1-7H3,(H,28,35)(H,29,37)/t19-,20-,21-,22+/m0/s1. The number of aliphatic hydroxyl groups excluding tert-OH is 1. The number of rotatable bonds is 10. The molecule has 13 nitrogen and oxygen atoms in total. The lowest BCUT2D eigenvalue weighted by Crippen LogP contribution is -2.56. The maximum atomic E-state index is 13.4. The number of ether oxygens (including phenoxy) is 1. The SMILES string of the molecule is COC(=O)N[C@H](C(=O)N1CCC[C@H]1C(=O)N[C@@H](C(C)C)[C@@H](O)c1nn(-c2ccc(N(C)C)cc2)c(=O)o1)C(C)C. The number of hydrogen-bond acceptors (Lipinski definition) is 9. The van der Waals surface area contributed by atoms with Crippen molar-refractivity contribution in [3.8, 4) is 5.69 Å². The molecule has 0 unspecified atom stereocenters. The number of methoxy groups -OCH3 is 1. The molecule has 3 rings (SSSR count). The molecule has 1 fully saturated rings. The maximum absolute atomic E-state index is 13.4. The van der Waals surface area contributed by atoms with Crippen molar-refractivity contribution >= 4 is 23.6 Å². The van der Waals surface area contributed by atoms with E-state index >= 15 is 0 Å². The molecule has 1 aromatic heterocycles. The van der Waals surface area contributed by atoms with Crippen LogP contribution >= 0.6 is 0 Å². The second kappa shape index (κ2) is 13.0. The van der Waals surface area contributed by atoms with Gasteiger partial charge in [0.05, 0.1) is 18.8 Å². The Labute approximate surface area is 233 Å². The van der Waals surface area contributed by atoms with Gasteiger partial charge in [-0.05, 0) is 48.9 Å². The summed E-state index contributed by atoms with van der Waals surface area (Å²) in [4.78, 5) is 54.5. The van der Waals surface area contributed by atoms with Crippen LogP contribution in [0.1, 0.15) is 52.5 Å². The Morgan fingerprint density at radius 2 is 1.75 bits per heavy atom. The van der Waals surface area contributed by atoms with E-state index in [2.05, 4.69) is 20.5 Å². The molecule has 1 aromatic carbocycles. The minimum absolute atomic E-state index is 0.234. The summed E-state index contributed by atoms with van der Waals surface area (Å²) in [6.07, 6.45) is -1.12. The van der Waals surface area contributed by atoms with Crippen molar-refractivity contribution in [1.82, 2.24) is 25.3 Å². The summed E-state index contributed by atoms with van der Waals surface area (Å²) in [5.41, 5.74) is 1.40. The van der Waals surface area contributed by atoms with Crippen LogP contribution in [0.15, 0.2) is 33.5 Å². The number of hydrogen-bond donors (Lipinski definition) is 3. The van der Waals surface area contributed by atoms with Crippen molar-refractivity contribution in [1.29, 1.82) is 0 Å². The first-order chi connectivity index (χ1) is 18.8. The van der Waals surface area contributed by atoms with Crippen molar-refractivity contribution in [2.24, 2.45) is 11.8 Å². The monoisotopic (exact) mass is 560 g/mol. The lowest BCUT2D eigenvalue weighted by atomic mass is 9.97. The summed E-state index contributed by atoms with van der Waals surface area (Å²) in [7, 11) is 5.01. The third-order valence-electron chi connectivity index (χ3n) is 7.02. The van der Waals surface area contributed by atoms with E-state index in [4.69, 9.17) is 4.42 Å². The quantitative estimate of drug-likeness (QED) is 0.391. The zero-order valence-electron chi connectivity index (χ0n) is 24.1. The van der Waals surface area contributed by atoms with Crippen LogP contribution in [0.4, 0.5) is 10.5 Å². The number of aromatic nitrogens is 2. The van der Waals surface area contributed by atoms with Gasteiger partial charge >= 0.3 is 11.8 Å². The summed E-state index contributed by atoms with van der Waals surface area (Å²) in [5.74, 6) is -2.36. The Kier molecular flexibility index (Phi) is 9.96. The molecular formula is C27H40N6O7. The summed E-state index contributed by atoms with van der Waals surface area (Å²) < 4.78 is 11.0. The Bertz CT molecular complexity index is 1240. The highest BCUT2D eigenvalue weighted by atomic mass is 16.5. The number of alkyl carbamates (subject to hydrolysis) is 1. The summed E-state index contributed by atoms with van der Waals surface area (Å²) in [6.45, 7) is 7.53. The number of carbonyl (C=O) groups excluding carboxylic acids is 3. The first kappa shape index (κ1) is 30.7. The van der Waals surface area contributed by atoms with Gasteiger partial charge in [0.2, 0.25) is 17.7 Å². The molecule has 0 saturated carbocycles. The van der Waals surface area contributed by atoms with E-state index in [-0.39, 0.29) is 23.6 Å². The van der Waals surface area contributed by atoms with E-state index in [0.29, 0.717) is 25.1 Å². The molecule has 3 amide bonds. The largest absolute Gasteiger partial charge is 0.453 e. The zero-order chi connectivity index (χ0) is 29.7. The molecular weight excluding hydrogens is 520 g/mol. The molecule has 220 valence electrons. The molecule has 0 spiro atoms. The van der Waals surface area contributed by atoms with E-state index in [1.54, 1.807) is 39.8 Å². The van der Waals surface area contributed by atoms with Gasteiger partial charge in [-0.15, -0.1) is 5.10 Å². The van der Waals surface area contributed by atoms with E-state index in [1.165, 1.54) is 12.0 Å². The number of nitrogens with zero attached hydrogens (tertiary/aromatic N) is 4. The van der Waals surface area contributed by atoms with E-state index in [0.717, 1.165) is 10.4 Å². The second-order valence-corrected chi connectivity index (χ2v) is 10.8. The van der Waals surface area contributed by atoms with E-state index in [1.807, 2.05) is 31.1 Å². The Balaban J connectivity index is 1.78. The van der Waals surface area contributed by atoms with Crippen LogP contribution in [-0.4, -0.2) is 83.6 Å². The van der Waals surface area contributed by atoms with Gasteiger partial charge in [0.15, 0.2) is 6.10 Å². The summed E-state index contributed by atoms with van der Waals surface area (Å²) in [6, 6.07) is 4.55. The van der Waals surface area contributed by atoms with Crippen molar-refractivity contribution in [2.45, 2.75) is 64.8 Å². The maximum Gasteiger partial charge on any atom is 0.442 e. The molecule has 13 heteroatoms. The van der Waals surface area contributed by atoms with Gasteiger partial charge in [0.1, 0.15) is 12.1 Å². The lowest BCUT2D eigenvalue weighted by molar-refractivity contribution is -0.141. The first-order valence-corrected chi connectivity index (χ1v) is 13.4. The van der Waals surface area contributed by atoms with Gasteiger partial charge in [0.25, 0.3) is 0 Å². The zero-order valence-corrected chi connectivity index (χ0v) is 24.1. The molecule has 2 aromatic rings. The third-order valence-corrected chi connectivity index (χ3v) is 7.02. The number of aliphatic hydroxyl groups is 1. The lowest BCUT2D eigenvalue weighted by Gasteiger charge is -2.32. The predicted octanol–water partition coefficient (Wildman–Crippen LogP) is 1.44. The van der Waals surface area contributed by atoms with Gasteiger partial charge in [0, 0.05) is 26.3 Å². The molecule has 0 aliphatic carbocycles. The van der Waals surface area contributed by atoms with E-state index < -0.39 is 42.0 Å². The topological polar surface area (TPSA) is 159 Å². The van der Waals surface area contributed by atoms with Crippen molar-refractivity contribution in [3.63, 3.8) is 0 Å². The highest BCUT2D eigenvalue weighted by Crippen LogP contribution is 2.24. The van der Waals surface area contributed by atoms with Crippen LogP contribution < -0.4 is 21.3 Å². The molecule has 0 bridgehead atoms. The fraction of sp³-hybridized carbons (Fsp3) is 0.593. The number of nitrogens with one attached hydrogen (secondary N) is 2. The van der Waals surface area contributed by atoms with Crippen LogP contribution in [0, 0.1) is 11.8 Å². The number of amides is 3. The molecule has 4 atom stereocenters. The van der Waals surface area contributed by atoms with Crippen LogP contribution in [0.2, 0.25) is 0 Å². The molecule has 0 radical (unpaired) electrons. The van der Waals surface area contributed by atoms with Gasteiger partial charge < -0.3 is 34.7 Å². The average molecular weight is 561 g/mol. The fourth-order valence-electron chi connectivity index (χ4n) is 4.67. The minimum Gasteiger partial charge on any atom is -0.453 e. The van der Waals surface area contributed by atoms with Gasteiger partial charge in [-0.1, -0.05) is 27.7 Å². The molecule has 40 heavy (non-hydrogen) atoms. The molecule has 1 aliphatic heterocycles.